The highest BCUT2D eigenvalue weighted by molar-refractivity contribution is 9.10. The van der Waals surface area contributed by atoms with Crippen molar-refractivity contribution >= 4 is 50.0 Å². The third-order valence-electron chi connectivity index (χ3n) is 5.03. The fraction of sp³-hybridized carbons (Fsp3) is 0.174. The van der Waals surface area contributed by atoms with E-state index < -0.39 is 5.97 Å². The van der Waals surface area contributed by atoms with Crippen molar-refractivity contribution in [3.8, 4) is 0 Å². The molecule has 5 heteroatoms. The van der Waals surface area contributed by atoms with Gasteiger partial charge in [0.15, 0.2) is 0 Å². The summed E-state index contributed by atoms with van der Waals surface area (Å²) in [5, 5.41) is 11.1. The summed E-state index contributed by atoms with van der Waals surface area (Å²) in [5.74, 6) is -0.830. The van der Waals surface area contributed by atoms with Gasteiger partial charge in [0.2, 0.25) is 0 Å². The maximum Gasteiger partial charge on any atom is 0.307 e. The number of rotatable bonds is 5. The molecule has 1 heterocycles. The number of aromatic nitrogens is 1. The number of allylic oxidation sites excluding steroid dienone is 4. The number of carbonyl (C=O) groups is 1. The van der Waals surface area contributed by atoms with Crippen molar-refractivity contribution in [3.63, 3.8) is 0 Å². The van der Waals surface area contributed by atoms with Gasteiger partial charge in [-0.1, -0.05) is 63.9 Å². The van der Waals surface area contributed by atoms with Gasteiger partial charge in [-0.2, -0.15) is 0 Å². The van der Waals surface area contributed by atoms with Crippen LogP contribution in [0.25, 0.3) is 16.5 Å². The Morgan fingerprint density at radius 1 is 1.11 bits per heavy atom. The van der Waals surface area contributed by atoms with E-state index in [-0.39, 0.29) is 6.42 Å². The molecular formula is C23H19BrClNO2. The quantitative estimate of drug-likeness (QED) is 0.463. The Bertz CT molecular complexity index is 1110. The second kappa shape index (κ2) is 7.98. The van der Waals surface area contributed by atoms with E-state index in [1.54, 1.807) is 0 Å². The van der Waals surface area contributed by atoms with Crippen molar-refractivity contribution in [1.29, 1.82) is 0 Å². The van der Waals surface area contributed by atoms with E-state index in [1.165, 1.54) is 0 Å². The first-order valence-electron chi connectivity index (χ1n) is 9.17. The van der Waals surface area contributed by atoms with Crippen LogP contribution in [0.2, 0.25) is 0 Å². The van der Waals surface area contributed by atoms with Gasteiger partial charge in [-0.3, -0.25) is 4.79 Å². The first-order valence-corrected chi connectivity index (χ1v) is 10.3. The van der Waals surface area contributed by atoms with Crippen LogP contribution in [-0.2, 0) is 17.6 Å². The molecule has 0 saturated heterocycles. The Morgan fingerprint density at radius 3 is 2.57 bits per heavy atom. The zero-order valence-electron chi connectivity index (χ0n) is 15.1. The summed E-state index contributed by atoms with van der Waals surface area (Å²) in [6.45, 7) is 0. The van der Waals surface area contributed by atoms with E-state index in [2.05, 4.69) is 57.3 Å². The minimum absolute atomic E-state index is 0.00282. The first-order chi connectivity index (χ1) is 13.5. The Kier molecular flexibility index (Phi) is 5.42. The van der Waals surface area contributed by atoms with Crippen LogP contribution in [0.3, 0.4) is 0 Å². The third kappa shape index (κ3) is 3.94. The topological polar surface area (TPSA) is 53.1 Å². The summed E-state index contributed by atoms with van der Waals surface area (Å²) in [7, 11) is 0. The van der Waals surface area contributed by atoms with E-state index in [4.69, 9.17) is 11.6 Å². The number of hydrogen-bond donors (Lipinski definition) is 2. The molecule has 0 aliphatic heterocycles. The average Bonchev–Trinajstić information content (AvgIpc) is 2.99. The van der Waals surface area contributed by atoms with E-state index in [0.717, 1.165) is 61.2 Å². The molecular weight excluding hydrogens is 438 g/mol. The number of halogens is 2. The fourth-order valence-corrected chi connectivity index (χ4v) is 4.34. The van der Waals surface area contributed by atoms with Crippen LogP contribution < -0.4 is 0 Å². The molecule has 1 aliphatic carbocycles. The molecule has 3 aromatic rings. The molecule has 0 radical (unpaired) electrons. The molecule has 0 spiro atoms. The summed E-state index contributed by atoms with van der Waals surface area (Å²) in [5.41, 5.74) is 6.05. The molecule has 1 aromatic heterocycles. The van der Waals surface area contributed by atoms with Crippen molar-refractivity contribution in [1.82, 2.24) is 4.98 Å². The van der Waals surface area contributed by atoms with Crippen molar-refractivity contribution in [2.45, 2.75) is 25.7 Å². The van der Waals surface area contributed by atoms with Crippen molar-refractivity contribution in [2.75, 3.05) is 0 Å². The summed E-state index contributed by atoms with van der Waals surface area (Å²) in [6, 6.07) is 14.2. The lowest BCUT2D eigenvalue weighted by Crippen LogP contribution is -2.03. The second-order valence-electron chi connectivity index (χ2n) is 6.96. The largest absolute Gasteiger partial charge is 0.481 e. The van der Waals surface area contributed by atoms with E-state index in [9.17, 15) is 9.90 Å². The Hall–Kier alpha value is -2.30. The van der Waals surface area contributed by atoms with Crippen LogP contribution in [0.5, 0.6) is 0 Å². The molecule has 142 valence electrons. The van der Waals surface area contributed by atoms with Crippen LogP contribution in [0, 0.1) is 0 Å². The van der Waals surface area contributed by atoms with Crippen LogP contribution in [-0.4, -0.2) is 16.1 Å². The number of aromatic amines is 1. The molecule has 4 rings (SSSR count). The summed E-state index contributed by atoms with van der Waals surface area (Å²) in [4.78, 5) is 14.8. The smallest absolute Gasteiger partial charge is 0.307 e. The van der Waals surface area contributed by atoms with Gasteiger partial charge in [-0.25, -0.2) is 0 Å². The number of hydrogen-bond acceptors (Lipinski definition) is 1. The lowest BCUT2D eigenvalue weighted by Gasteiger charge is -2.12. The summed E-state index contributed by atoms with van der Waals surface area (Å²) < 4.78 is 0.937. The van der Waals surface area contributed by atoms with Gasteiger partial charge < -0.3 is 10.1 Å². The summed E-state index contributed by atoms with van der Waals surface area (Å²) >= 11 is 9.82. The predicted octanol–water partition coefficient (Wildman–Crippen LogP) is 6.45. The molecule has 0 fully saturated rings. The molecule has 0 saturated carbocycles. The SMILES string of the molecule is O=C(O)Cc1c(Cc2ccc(C3=CCCC=C3Cl)cc2)[nH]c2ccc(Br)cc12. The number of fused-ring (bicyclic) bond motifs is 1. The number of benzene rings is 2. The van der Waals surface area contributed by atoms with Gasteiger partial charge >= 0.3 is 5.97 Å². The second-order valence-corrected chi connectivity index (χ2v) is 8.29. The number of nitrogens with one attached hydrogen (secondary N) is 1. The first kappa shape index (κ1) is 19.0. The maximum absolute atomic E-state index is 11.4. The normalized spacial score (nSPS) is 14.1. The molecule has 0 atom stereocenters. The molecule has 28 heavy (non-hydrogen) atoms. The summed E-state index contributed by atoms with van der Waals surface area (Å²) in [6.07, 6.45) is 6.89. The average molecular weight is 457 g/mol. The molecule has 2 N–H and O–H groups in total. The van der Waals surface area contributed by atoms with Crippen LogP contribution in [0.4, 0.5) is 0 Å². The fourth-order valence-electron chi connectivity index (χ4n) is 3.69. The van der Waals surface area contributed by atoms with Crippen LogP contribution >= 0.6 is 27.5 Å². The molecule has 0 bridgehead atoms. The van der Waals surface area contributed by atoms with Crippen molar-refractivity contribution in [3.05, 3.63) is 86.5 Å². The van der Waals surface area contributed by atoms with Gasteiger partial charge in [-0.05, 0) is 53.3 Å². The minimum atomic E-state index is -0.830. The van der Waals surface area contributed by atoms with Gasteiger partial charge in [-0.15, -0.1) is 0 Å². The molecule has 2 aromatic carbocycles. The van der Waals surface area contributed by atoms with Crippen LogP contribution in [0.1, 0.15) is 35.2 Å². The highest BCUT2D eigenvalue weighted by atomic mass is 79.9. The number of aliphatic carboxylic acids is 1. The number of H-pyrrole nitrogens is 1. The van der Waals surface area contributed by atoms with Gasteiger partial charge in [0.05, 0.1) is 6.42 Å². The van der Waals surface area contributed by atoms with Gasteiger partial charge in [0.25, 0.3) is 0 Å². The van der Waals surface area contributed by atoms with E-state index >= 15 is 0 Å². The lowest BCUT2D eigenvalue weighted by atomic mass is 9.97. The Morgan fingerprint density at radius 2 is 1.86 bits per heavy atom. The molecule has 3 nitrogen and oxygen atoms in total. The zero-order valence-corrected chi connectivity index (χ0v) is 17.5. The predicted molar refractivity (Wildman–Crippen MR) is 118 cm³/mol. The zero-order chi connectivity index (χ0) is 19.7. The molecule has 1 aliphatic rings. The van der Waals surface area contributed by atoms with Crippen molar-refractivity contribution in [2.24, 2.45) is 0 Å². The Balaban J connectivity index is 1.65. The monoisotopic (exact) mass is 455 g/mol. The van der Waals surface area contributed by atoms with Crippen molar-refractivity contribution < 1.29 is 9.90 Å². The van der Waals surface area contributed by atoms with Gasteiger partial charge in [0.1, 0.15) is 0 Å². The van der Waals surface area contributed by atoms with Gasteiger partial charge in [0, 0.05) is 32.5 Å². The maximum atomic E-state index is 11.4. The number of carboxylic acid groups (broad SMARTS) is 1. The lowest BCUT2D eigenvalue weighted by molar-refractivity contribution is -0.136. The Labute approximate surface area is 176 Å². The highest BCUT2D eigenvalue weighted by Gasteiger charge is 2.16. The van der Waals surface area contributed by atoms with E-state index in [0.29, 0.717) is 6.42 Å². The highest BCUT2D eigenvalue weighted by Crippen LogP contribution is 2.32. The third-order valence-corrected chi connectivity index (χ3v) is 5.88. The number of carboxylic acids is 1. The molecule has 0 amide bonds. The molecule has 0 unspecified atom stereocenters. The van der Waals surface area contributed by atoms with Crippen LogP contribution in [0.15, 0.2) is 64.1 Å². The van der Waals surface area contributed by atoms with E-state index in [1.807, 2.05) is 18.2 Å². The minimum Gasteiger partial charge on any atom is -0.481 e. The standard InChI is InChI=1S/C23H19BrClNO2/c24-16-9-10-21-18(12-16)19(13-23(27)28)22(26-21)11-14-5-7-15(8-6-14)17-3-1-2-4-20(17)25/h3-10,12,26H,1-2,11,13H2,(H,27,28).